The van der Waals surface area contributed by atoms with Crippen LogP contribution in [-0.2, 0) is 10.5 Å². The summed E-state index contributed by atoms with van der Waals surface area (Å²) >= 11 is 1.47. The van der Waals surface area contributed by atoms with Crippen molar-refractivity contribution in [2.75, 3.05) is 18.9 Å². The Balaban J connectivity index is 2.24. The molecule has 0 aliphatic carbocycles. The first-order valence-electron chi connectivity index (χ1n) is 5.87. The number of thioether (sulfide) groups is 1. The van der Waals surface area contributed by atoms with Crippen LogP contribution in [0.2, 0.25) is 0 Å². The molecular weight excluding hydrogens is 254 g/mol. The van der Waals surface area contributed by atoms with Crippen LogP contribution in [-0.4, -0.2) is 50.1 Å². The fourth-order valence-electron chi connectivity index (χ4n) is 1.30. The lowest BCUT2D eigenvalue weighted by molar-refractivity contribution is -0.118. The number of hydrogen-bond donors (Lipinski definition) is 2. The Morgan fingerprint density at radius 1 is 1.56 bits per heavy atom. The molecule has 1 aromatic heterocycles. The summed E-state index contributed by atoms with van der Waals surface area (Å²) in [5, 5.41) is 22.7. The number of aliphatic hydroxyl groups excluding tert-OH is 1. The molecule has 2 N–H and O–H groups in total. The molecule has 0 aliphatic heterocycles. The molecule has 1 aromatic rings. The van der Waals surface area contributed by atoms with E-state index >= 15 is 0 Å². The molecule has 102 valence electrons. The topological polar surface area (TPSA) is 92.9 Å². The Hall–Kier alpha value is -1.15. The summed E-state index contributed by atoms with van der Waals surface area (Å²) in [4.78, 5) is 11.4. The molecule has 0 fully saturated rings. The summed E-state index contributed by atoms with van der Waals surface area (Å²) in [5.41, 5.74) is 0. The molecular formula is C10H19N5O2S. The third-order valence-corrected chi connectivity index (χ3v) is 3.10. The highest BCUT2D eigenvalue weighted by molar-refractivity contribution is 7.99. The molecule has 1 rings (SSSR count). The van der Waals surface area contributed by atoms with Crippen molar-refractivity contribution in [1.82, 2.24) is 25.5 Å². The van der Waals surface area contributed by atoms with Crippen LogP contribution < -0.4 is 5.32 Å². The number of carbonyl (C=O) groups excluding carboxylic acids is 1. The Morgan fingerprint density at radius 2 is 2.33 bits per heavy atom. The first-order valence-corrected chi connectivity index (χ1v) is 7.02. The monoisotopic (exact) mass is 273 g/mol. The van der Waals surface area contributed by atoms with Gasteiger partial charge in [0, 0.05) is 13.2 Å². The maximum Gasteiger partial charge on any atom is 0.230 e. The van der Waals surface area contributed by atoms with Gasteiger partial charge in [-0.15, -0.1) is 16.9 Å². The van der Waals surface area contributed by atoms with E-state index in [1.54, 1.807) is 4.68 Å². The van der Waals surface area contributed by atoms with E-state index in [2.05, 4.69) is 20.8 Å². The SMILES string of the molecule is CC(C)n1nnnc1CSCC(=O)NCCCO. The molecule has 0 aliphatic rings. The van der Waals surface area contributed by atoms with Gasteiger partial charge in [0.05, 0.1) is 17.5 Å². The lowest BCUT2D eigenvalue weighted by atomic mass is 10.4. The van der Waals surface area contributed by atoms with Crippen molar-refractivity contribution in [2.45, 2.75) is 32.1 Å². The van der Waals surface area contributed by atoms with E-state index in [1.165, 1.54) is 11.8 Å². The number of rotatable bonds is 8. The smallest absolute Gasteiger partial charge is 0.230 e. The van der Waals surface area contributed by atoms with Crippen LogP contribution in [0.3, 0.4) is 0 Å². The highest BCUT2D eigenvalue weighted by atomic mass is 32.2. The predicted molar refractivity (Wildman–Crippen MR) is 69.1 cm³/mol. The Bertz CT molecular complexity index is 369. The molecule has 0 unspecified atom stereocenters. The maximum absolute atomic E-state index is 11.4. The lowest BCUT2D eigenvalue weighted by Gasteiger charge is -2.07. The minimum absolute atomic E-state index is 0.0305. The molecule has 0 spiro atoms. The molecule has 7 nitrogen and oxygen atoms in total. The Labute approximate surface area is 110 Å². The number of nitrogens with one attached hydrogen (secondary N) is 1. The van der Waals surface area contributed by atoms with Gasteiger partial charge in [-0.25, -0.2) is 4.68 Å². The zero-order valence-corrected chi connectivity index (χ0v) is 11.5. The summed E-state index contributed by atoms with van der Waals surface area (Å²) in [5.74, 6) is 1.73. The van der Waals surface area contributed by atoms with Gasteiger partial charge in [-0.2, -0.15) is 0 Å². The maximum atomic E-state index is 11.4. The largest absolute Gasteiger partial charge is 0.396 e. The number of amides is 1. The normalized spacial score (nSPS) is 10.9. The zero-order chi connectivity index (χ0) is 13.4. The quantitative estimate of drug-likeness (QED) is 0.647. The average Bonchev–Trinajstić information content (AvgIpc) is 2.78. The lowest BCUT2D eigenvalue weighted by Crippen LogP contribution is -2.26. The Morgan fingerprint density at radius 3 is 3.00 bits per heavy atom. The van der Waals surface area contributed by atoms with Crippen molar-refractivity contribution in [2.24, 2.45) is 0 Å². The van der Waals surface area contributed by atoms with E-state index in [-0.39, 0.29) is 18.6 Å². The third-order valence-electron chi connectivity index (χ3n) is 2.17. The number of hydrogen-bond acceptors (Lipinski definition) is 6. The minimum Gasteiger partial charge on any atom is -0.396 e. The van der Waals surface area contributed by atoms with Crippen LogP contribution in [0, 0.1) is 0 Å². The molecule has 0 bridgehead atoms. The average molecular weight is 273 g/mol. The van der Waals surface area contributed by atoms with Crippen molar-refractivity contribution in [3.8, 4) is 0 Å². The summed E-state index contributed by atoms with van der Waals surface area (Å²) in [6.45, 7) is 4.62. The standard InChI is InChI=1S/C10H19N5O2S/c1-8(2)15-9(12-13-14-15)6-18-7-10(17)11-4-3-5-16/h8,16H,3-7H2,1-2H3,(H,11,17). The van der Waals surface area contributed by atoms with E-state index < -0.39 is 0 Å². The minimum atomic E-state index is -0.0305. The van der Waals surface area contributed by atoms with Crippen LogP contribution in [0.1, 0.15) is 32.1 Å². The second kappa shape index (κ2) is 8.04. The van der Waals surface area contributed by atoms with E-state index in [0.29, 0.717) is 24.5 Å². The highest BCUT2D eigenvalue weighted by Crippen LogP contribution is 2.12. The van der Waals surface area contributed by atoms with Crippen LogP contribution in [0.4, 0.5) is 0 Å². The first kappa shape index (κ1) is 14.9. The van der Waals surface area contributed by atoms with E-state index in [9.17, 15) is 4.79 Å². The van der Waals surface area contributed by atoms with E-state index in [0.717, 1.165) is 5.82 Å². The fraction of sp³-hybridized carbons (Fsp3) is 0.800. The summed E-state index contributed by atoms with van der Waals surface area (Å²) < 4.78 is 1.75. The number of aliphatic hydroxyl groups is 1. The van der Waals surface area contributed by atoms with Gasteiger partial charge in [-0.05, 0) is 30.7 Å². The molecule has 1 amide bonds. The number of aromatic nitrogens is 4. The second-order valence-electron chi connectivity index (χ2n) is 4.05. The zero-order valence-electron chi connectivity index (χ0n) is 10.7. The van der Waals surface area contributed by atoms with Crippen LogP contribution in [0.5, 0.6) is 0 Å². The predicted octanol–water partition coefficient (Wildman–Crippen LogP) is -0.0142. The molecule has 0 radical (unpaired) electrons. The van der Waals surface area contributed by atoms with Gasteiger partial charge < -0.3 is 10.4 Å². The van der Waals surface area contributed by atoms with Gasteiger partial charge in [0.25, 0.3) is 0 Å². The Kier molecular flexibility index (Phi) is 6.66. The summed E-state index contributed by atoms with van der Waals surface area (Å²) in [6.07, 6.45) is 0.585. The fourth-order valence-corrected chi connectivity index (χ4v) is 2.06. The number of nitrogens with zero attached hydrogens (tertiary/aromatic N) is 4. The van der Waals surface area contributed by atoms with E-state index in [4.69, 9.17) is 5.11 Å². The van der Waals surface area contributed by atoms with Crippen molar-refractivity contribution >= 4 is 17.7 Å². The molecule has 18 heavy (non-hydrogen) atoms. The number of tetrazole rings is 1. The van der Waals surface area contributed by atoms with Gasteiger partial charge in [0.15, 0.2) is 5.82 Å². The molecule has 8 heteroatoms. The van der Waals surface area contributed by atoms with Crippen LogP contribution in [0.25, 0.3) is 0 Å². The van der Waals surface area contributed by atoms with Crippen LogP contribution in [0.15, 0.2) is 0 Å². The molecule has 0 aromatic carbocycles. The van der Waals surface area contributed by atoms with Gasteiger partial charge in [-0.1, -0.05) is 0 Å². The molecule has 0 saturated carbocycles. The highest BCUT2D eigenvalue weighted by Gasteiger charge is 2.09. The van der Waals surface area contributed by atoms with Gasteiger partial charge >= 0.3 is 0 Å². The summed E-state index contributed by atoms with van der Waals surface area (Å²) in [6, 6.07) is 0.217. The first-order chi connectivity index (χ1) is 8.65. The van der Waals surface area contributed by atoms with E-state index in [1.807, 2.05) is 13.8 Å². The molecule has 0 atom stereocenters. The van der Waals surface area contributed by atoms with Crippen molar-refractivity contribution in [3.05, 3.63) is 5.82 Å². The van der Waals surface area contributed by atoms with Crippen molar-refractivity contribution < 1.29 is 9.90 Å². The van der Waals surface area contributed by atoms with Gasteiger partial charge in [-0.3, -0.25) is 4.79 Å². The third kappa shape index (κ3) is 5.01. The molecule has 1 heterocycles. The van der Waals surface area contributed by atoms with Gasteiger partial charge in [0.2, 0.25) is 5.91 Å². The van der Waals surface area contributed by atoms with Gasteiger partial charge in [0.1, 0.15) is 0 Å². The number of carbonyl (C=O) groups is 1. The second-order valence-corrected chi connectivity index (χ2v) is 5.04. The van der Waals surface area contributed by atoms with Crippen molar-refractivity contribution in [1.29, 1.82) is 0 Å². The van der Waals surface area contributed by atoms with Crippen LogP contribution >= 0.6 is 11.8 Å². The molecule has 0 saturated heterocycles. The van der Waals surface area contributed by atoms with Crippen molar-refractivity contribution in [3.63, 3.8) is 0 Å². The summed E-state index contributed by atoms with van der Waals surface area (Å²) in [7, 11) is 0.